The molecule has 0 aliphatic heterocycles. The van der Waals surface area contributed by atoms with Gasteiger partial charge in [0.25, 0.3) is 0 Å². The Morgan fingerprint density at radius 3 is 2.20 bits per heavy atom. The predicted octanol–water partition coefficient (Wildman–Crippen LogP) is 5.56. The van der Waals surface area contributed by atoms with Gasteiger partial charge in [0.15, 0.2) is 0 Å². The van der Waals surface area contributed by atoms with Crippen LogP contribution < -0.4 is 15.4 Å². The van der Waals surface area contributed by atoms with Crippen LogP contribution in [0.25, 0.3) is 0 Å². The van der Waals surface area contributed by atoms with Gasteiger partial charge in [0.05, 0.1) is 0 Å². The Bertz CT molecular complexity index is 836. The second kappa shape index (κ2) is 8.35. The minimum absolute atomic E-state index is 0.257. The molecule has 3 aromatic rings. The summed E-state index contributed by atoms with van der Waals surface area (Å²) in [5.41, 5.74) is 1.72. The van der Waals surface area contributed by atoms with Gasteiger partial charge in [-0.15, -0.1) is 0 Å². The van der Waals surface area contributed by atoms with E-state index < -0.39 is 0 Å². The topological polar surface area (TPSA) is 50.4 Å². The van der Waals surface area contributed by atoms with E-state index in [-0.39, 0.29) is 6.03 Å². The summed E-state index contributed by atoms with van der Waals surface area (Å²) in [4.78, 5) is 12.0. The lowest BCUT2D eigenvalue weighted by Gasteiger charge is -2.10. The molecule has 0 spiro atoms. The number of urea groups is 1. The van der Waals surface area contributed by atoms with E-state index in [1.165, 1.54) is 0 Å². The Morgan fingerprint density at radius 1 is 0.840 bits per heavy atom. The number of ether oxygens (including phenoxy) is 1. The van der Waals surface area contributed by atoms with Gasteiger partial charge in [-0.05, 0) is 48.0 Å². The molecule has 0 bridgehead atoms. The van der Waals surface area contributed by atoms with Crippen LogP contribution in [0, 0.1) is 0 Å². The largest absolute Gasteiger partial charge is 0.457 e. The summed E-state index contributed by atoms with van der Waals surface area (Å²) in [7, 11) is 0. The molecule has 0 aliphatic rings. The number of anilines is 1. The second-order valence-corrected chi connectivity index (χ2v) is 6.19. The molecule has 0 saturated heterocycles. The van der Waals surface area contributed by atoms with Crippen molar-refractivity contribution >= 4 is 27.6 Å². The van der Waals surface area contributed by atoms with Gasteiger partial charge in [0, 0.05) is 16.7 Å². The van der Waals surface area contributed by atoms with Gasteiger partial charge < -0.3 is 15.4 Å². The van der Waals surface area contributed by atoms with E-state index in [2.05, 4.69) is 26.6 Å². The summed E-state index contributed by atoms with van der Waals surface area (Å²) in [6.45, 7) is 0.447. The zero-order valence-corrected chi connectivity index (χ0v) is 15.0. The van der Waals surface area contributed by atoms with Crippen LogP contribution in [-0.2, 0) is 6.54 Å². The Hall–Kier alpha value is -2.79. The molecule has 0 heterocycles. The normalized spacial score (nSPS) is 10.1. The predicted molar refractivity (Wildman–Crippen MR) is 103 cm³/mol. The molecule has 0 aliphatic carbocycles. The van der Waals surface area contributed by atoms with Gasteiger partial charge in [-0.1, -0.05) is 52.3 Å². The number of rotatable bonds is 5. The average molecular weight is 397 g/mol. The molecule has 0 saturated carbocycles. The fourth-order valence-electron chi connectivity index (χ4n) is 2.22. The van der Waals surface area contributed by atoms with Crippen molar-refractivity contribution in [3.05, 3.63) is 88.9 Å². The first-order valence-electron chi connectivity index (χ1n) is 7.82. The number of benzene rings is 3. The number of hydrogen-bond donors (Lipinski definition) is 2. The van der Waals surface area contributed by atoms with E-state index in [1.807, 2.05) is 66.7 Å². The third kappa shape index (κ3) is 5.09. The van der Waals surface area contributed by atoms with Crippen molar-refractivity contribution in [2.75, 3.05) is 5.32 Å². The van der Waals surface area contributed by atoms with Crippen LogP contribution in [0.3, 0.4) is 0 Å². The molecular weight excluding hydrogens is 380 g/mol. The summed E-state index contributed by atoms with van der Waals surface area (Å²) < 4.78 is 6.69. The number of nitrogens with one attached hydrogen (secondary N) is 2. The zero-order chi connectivity index (χ0) is 17.5. The molecule has 3 aromatic carbocycles. The summed E-state index contributed by atoms with van der Waals surface area (Å²) in [5, 5.41) is 5.63. The highest BCUT2D eigenvalue weighted by atomic mass is 79.9. The van der Waals surface area contributed by atoms with E-state index in [0.29, 0.717) is 18.0 Å². The maximum atomic E-state index is 12.0. The number of halogens is 1. The van der Waals surface area contributed by atoms with Crippen molar-refractivity contribution in [1.82, 2.24) is 5.32 Å². The van der Waals surface area contributed by atoms with Crippen molar-refractivity contribution in [1.29, 1.82) is 0 Å². The minimum Gasteiger partial charge on any atom is -0.457 e. The van der Waals surface area contributed by atoms with Crippen LogP contribution in [0.4, 0.5) is 10.5 Å². The standard InChI is InChI=1S/C20H17BrN2O2/c21-19-9-5-4-6-15(19)14-22-20(24)23-16-10-12-18(13-11-16)25-17-7-2-1-3-8-17/h1-13H,14H2,(H2,22,23,24). The Morgan fingerprint density at radius 2 is 1.48 bits per heavy atom. The van der Waals surface area contributed by atoms with E-state index >= 15 is 0 Å². The van der Waals surface area contributed by atoms with Gasteiger partial charge in [0.2, 0.25) is 0 Å². The molecule has 0 fully saturated rings. The minimum atomic E-state index is -0.257. The molecule has 3 rings (SSSR count). The first-order chi connectivity index (χ1) is 12.2. The third-order valence-electron chi connectivity index (χ3n) is 3.49. The van der Waals surface area contributed by atoms with Crippen molar-refractivity contribution in [2.24, 2.45) is 0 Å². The average Bonchev–Trinajstić information content (AvgIpc) is 2.64. The van der Waals surface area contributed by atoms with Gasteiger partial charge in [-0.3, -0.25) is 0 Å². The highest BCUT2D eigenvalue weighted by molar-refractivity contribution is 9.10. The monoisotopic (exact) mass is 396 g/mol. The fourth-order valence-corrected chi connectivity index (χ4v) is 2.65. The molecule has 0 atom stereocenters. The van der Waals surface area contributed by atoms with Crippen molar-refractivity contribution in [3.63, 3.8) is 0 Å². The van der Waals surface area contributed by atoms with E-state index in [9.17, 15) is 4.79 Å². The number of hydrogen-bond acceptors (Lipinski definition) is 2. The molecule has 0 radical (unpaired) electrons. The summed E-state index contributed by atoms with van der Waals surface area (Å²) in [5.74, 6) is 1.49. The molecule has 2 N–H and O–H groups in total. The lowest BCUT2D eigenvalue weighted by molar-refractivity contribution is 0.251. The highest BCUT2D eigenvalue weighted by Crippen LogP contribution is 2.22. The van der Waals surface area contributed by atoms with E-state index in [4.69, 9.17) is 4.74 Å². The first kappa shape index (κ1) is 17.0. The molecule has 0 unspecified atom stereocenters. The smallest absolute Gasteiger partial charge is 0.319 e. The van der Waals surface area contributed by atoms with Crippen LogP contribution >= 0.6 is 15.9 Å². The van der Waals surface area contributed by atoms with Crippen LogP contribution in [0.1, 0.15) is 5.56 Å². The molecular formula is C20H17BrN2O2. The zero-order valence-electron chi connectivity index (χ0n) is 13.4. The molecule has 126 valence electrons. The van der Waals surface area contributed by atoms with Crippen LogP contribution in [0.2, 0.25) is 0 Å². The third-order valence-corrected chi connectivity index (χ3v) is 4.26. The lowest BCUT2D eigenvalue weighted by Crippen LogP contribution is -2.28. The van der Waals surface area contributed by atoms with Crippen molar-refractivity contribution in [3.8, 4) is 11.5 Å². The number of carbonyl (C=O) groups excluding carboxylic acids is 1. The van der Waals surface area contributed by atoms with Crippen molar-refractivity contribution in [2.45, 2.75) is 6.54 Å². The van der Waals surface area contributed by atoms with Crippen LogP contribution in [-0.4, -0.2) is 6.03 Å². The Balaban J connectivity index is 1.52. The van der Waals surface area contributed by atoms with Crippen LogP contribution in [0.5, 0.6) is 11.5 Å². The fraction of sp³-hybridized carbons (Fsp3) is 0.0500. The maximum Gasteiger partial charge on any atom is 0.319 e. The summed E-state index contributed by atoms with van der Waals surface area (Å²) >= 11 is 3.46. The molecule has 25 heavy (non-hydrogen) atoms. The molecule has 4 nitrogen and oxygen atoms in total. The molecule has 0 aromatic heterocycles. The van der Waals surface area contributed by atoms with E-state index in [0.717, 1.165) is 15.8 Å². The van der Waals surface area contributed by atoms with Crippen LogP contribution in [0.15, 0.2) is 83.3 Å². The highest BCUT2D eigenvalue weighted by Gasteiger charge is 2.04. The number of para-hydroxylation sites is 1. The molecule has 2 amide bonds. The maximum absolute atomic E-state index is 12.0. The number of carbonyl (C=O) groups is 1. The lowest BCUT2D eigenvalue weighted by atomic mass is 10.2. The quantitative estimate of drug-likeness (QED) is 0.592. The SMILES string of the molecule is O=C(NCc1ccccc1Br)Nc1ccc(Oc2ccccc2)cc1. The van der Waals surface area contributed by atoms with Gasteiger partial charge in [-0.25, -0.2) is 4.79 Å². The first-order valence-corrected chi connectivity index (χ1v) is 8.61. The Kier molecular flexibility index (Phi) is 5.69. The molecule has 5 heteroatoms. The second-order valence-electron chi connectivity index (χ2n) is 5.34. The van der Waals surface area contributed by atoms with Gasteiger partial charge in [-0.2, -0.15) is 0 Å². The number of amides is 2. The van der Waals surface area contributed by atoms with E-state index in [1.54, 1.807) is 12.1 Å². The van der Waals surface area contributed by atoms with Gasteiger partial charge >= 0.3 is 6.03 Å². The van der Waals surface area contributed by atoms with Gasteiger partial charge in [0.1, 0.15) is 11.5 Å². The summed E-state index contributed by atoms with van der Waals surface area (Å²) in [6, 6.07) is 24.3. The summed E-state index contributed by atoms with van der Waals surface area (Å²) in [6.07, 6.45) is 0. The Labute approximate surface area is 155 Å². The van der Waals surface area contributed by atoms with Crippen molar-refractivity contribution < 1.29 is 9.53 Å².